The van der Waals surface area contributed by atoms with E-state index < -0.39 is 0 Å². The van der Waals surface area contributed by atoms with Gasteiger partial charge in [-0.1, -0.05) is 37.5 Å². The lowest BCUT2D eigenvalue weighted by molar-refractivity contribution is -0.130. The van der Waals surface area contributed by atoms with E-state index in [2.05, 4.69) is 6.07 Å². The molecule has 4 nitrogen and oxygen atoms in total. The molecular formula is C19H24N2O2. The Labute approximate surface area is 137 Å². The van der Waals surface area contributed by atoms with Gasteiger partial charge in [0.2, 0.25) is 11.8 Å². The summed E-state index contributed by atoms with van der Waals surface area (Å²) in [5, 5.41) is 0. The summed E-state index contributed by atoms with van der Waals surface area (Å²) in [6.07, 6.45) is 7.26. The summed E-state index contributed by atoms with van der Waals surface area (Å²) in [6.45, 7) is 1.38. The summed E-state index contributed by atoms with van der Waals surface area (Å²) in [4.78, 5) is 29.2. The Morgan fingerprint density at radius 2 is 1.87 bits per heavy atom. The molecule has 0 N–H and O–H groups in total. The topological polar surface area (TPSA) is 40.6 Å². The van der Waals surface area contributed by atoms with Gasteiger partial charge in [0, 0.05) is 31.2 Å². The maximum Gasteiger partial charge on any atom is 0.232 e. The number of carbonyl (C=O) groups is 2. The number of nitrogens with zero attached hydrogens (tertiary/aromatic N) is 2. The molecule has 2 heterocycles. The Hall–Kier alpha value is -1.84. The number of fused-ring (bicyclic) bond motifs is 1. The molecule has 23 heavy (non-hydrogen) atoms. The number of benzene rings is 1. The van der Waals surface area contributed by atoms with E-state index in [9.17, 15) is 9.59 Å². The zero-order chi connectivity index (χ0) is 15.8. The van der Waals surface area contributed by atoms with Gasteiger partial charge in [0.25, 0.3) is 0 Å². The molecule has 4 heteroatoms. The molecule has 0 bridgehead atoms. The van der Waals surface area contributed by atoms with Crippen molar-refractivity contribution in [2.75, 3.05) is 18.0 Å². The highest BCUT2D eigenvalue weighted by atomic mass is 16.2. The Kier molecular flexibility index (Phi) is 3.83. The predicted molar refractivity (Wildman–Crippen MR) is 89.2 cm³/mol. The van der Waals surface area contributed by atoms with Crippen molar-refractivity contribution in [3.8, 4) is 0 Å². The van der Waals surface area contributed by atoms with E-state index in [1.807, 2.05) is 28.0 Å². The van der Waals surface area contributed by atoms with Crippen molar-refractivity contribution in [3.05, 3.63) is 29.8 Å². The van der Waals surface area contributed by atoms with Gasteiger partial charge in [-0.05, 0) is 30.9 Å². The summed E-state index contributed by atoms with van der Waals surface area (Å²) in [5.74, 6) is 0.167. The van der Waals surface area contributed by atoms with Crippen molar-refractivity contribution in [3.63, 3.8) is 0 Å². The summed E-state index contributed by atoms with van der Waals surface area (Å²) < 4.78 is 0. The van der Waals surface area contributed by atoms with Gasteiger partial charge >= 0.3 is 0 Å². The van der Waals surface area contributed by atoms with Crippen LogP contribution in [0.2, 0.25) is 0 Å². The maximum atomic E-state index is 12.9. The molecule has 1 atom stereocenters. The minimum atomic E-state index is -0.157. The van der Waals surface area contributed by atoms with Gasteiger partial charge in [-0.25, -0.2) is 0 Å². The van der Waals surface area contributed by atoms with E-state index in [1.165, 1.54) is 24.8 Å². The first-order chi connectivity index (χ1) is 11.2. The molecule has 0 radical (unpaired) electrons. The zero-order valence-corrected chi connectivity index (χ0v) is 13.5. The van der Waals surface area contributed by atoms with Crippen molar-refractivity contribution in [1.82, 2.24) is 4.90 Å². The monoisotopic (exact) mass is 312 g/mol. The van der Waals surface area contributed by atoms with E-state index in [-0.39, 0.29) is 17.7 Å². The van der Waals surface area contributed by atoms with Crippen LogP contribution in [-0.4, -0.2) is 35.8 Å². The van der Waals surface area contributed by atoms with Gasteiger partial charge in [0.15, 0.2) is 0 Å². The second-order valence-corrected chi connectivity index (χ2v) is 7.11. The predicted octanol–water partition coefficient (Wildman–Crippen LogP) is 2.76. The summed E-state index contributed by atoms with van der Waals surface area (Å²) >= 11 is 0. The van der Waals surface area contributed by atoms with Gasteiger partial charge in [-0.2, -0.15) is 0 Å². The number of para-hydroxylation sites is 1. The third kappa shape index (κ3) is 2.64. The minimum absolute atomic E-state index is 0.140. The lowest BCUT2D eigenvalue weighted by Crippen LogP contribution is -2.40. The smallest absolute Gasteiger partial charge is 0.232 e. The molecule has 3 aliphatic rings. The lowest BCUT2D eigenvalue weighted by Gasteiger charge is -2.31. The summed E-state index contributed by atoms with van der Waals surface area (Å²) in [6, 6.07) is 8.50. The molecule has 1 saturated carbocycles. The molecule has 2 amide bonds. The molecule has 4 rings (SSSR count). The molecule has 1 aromatic rings. The first-order valence-corrected chi connectivity index (χ1v) is 8.93. The second kappa shape index (κ2) is 5.99. The third-order valence-corrected chi connectivity index (χ3v) is 5.68. The van der Waals surface area contributed by atoms with Crippen LogP contribution in [0.3, 0.4) is 0 Å². The number of rotatable bonds is 2. The molecule has 0 spiro atoms. The number of amides is 2. The number of likely N-dealkylation sites (tertiary alicyclic amines) is 1. The van der Waals surface area contributed by atoms with E-state index in [0.717, 1.165) is 31.5 Å². The van der Waals surface area contributed by atoms with Gasteiger partial charge in [-0.15, -0.1) is 0 Å². The largest absolute Gasteiger partial charge is 0.339 e. The maximum absolute atomic E-state index is 12.9. The molecule has 1 aromatic carbocycles. The molecule has 122 valence electrons. The van der Waals surface area contributed by atoms with Gasteiger partial charge in [0.05, 0.1) is 5.92 Å². The van der Waals surface area contributed by atoms with Gasteiger partial charge in [-0.3, -0.25) is 9.59 Å². The normalized spacial score (nSPS) is 25.0. The number of hydrogen-bond donors (Lipinski definition) is 0. The van der Waals surface area contributed by atoms with Crippen LogP contribution in [-0.2, 0) is 16.0 Å². The van der Waals surface area contributed by atoms with Crippen LogP contribution in [0.15, 0.2) is 24.3 Å². The Bertz CT molecular complexity index is 622. The van der Waals surface area contributed by atoms with E-state index in [0.29, 0.717) is 19.0 Å². The van der Waals surface area contributed by atoms with Crippen molar-refractivity contribution < 1.29 is 9.59 Å². The van der Waals surface area contributed by atoms with E-state index >= 15 is 0 Å². The first kappa shape index (κ1) is 14.7. The average Bonchev–Trinajstić information content (AvgIpc) is 3.19. The van der Waals surface area contributed by atoms with Crippen LogP contribution >= 0.6 is 0 Å². The molecule has 0 unspecified atom stereocenters. The quantitative estimate of drug-likeness (QED) is 0.842. The van der Waals surface area contributed by atoms with Crippen molar-refractivity contribution in [2.24, 2.45) is 5.92 Å². The lowest BCUT2D eigenvalue weighted by atomic mass is 9.94. The van der Waals surface area contributed by atoms with Crippen LogP contribution in [0.5, 0.6) is 0 Å². The fourth-order valence-corrected chi connectivity index (χ4v) is 4.43. The van der Waals surface area contributed by atoms with Crippen LogP contribution < -0.4 is 4.90 Å². The van der Waals surface area contributed by atoms with Crippen molar-refractivity contribution in [1.29, 1.82) is 0 Å². The van der Waals surface area contributed by atoms with E-state index in [4.69, 9.17) is 0 Å². The van der Waals surface area contributed by atoms with Crippen LogP contribution in [0.4, 0.5) is 5.69 Å². The fourth-order valence-electron chi connectivity index (χ4n) is 4.43. The summed E-state index contributed by atoms with van der Waals surface area (Å²) in [5.41, 5.74) is 2.29. The number of carbonyl (C=O) groups excluding carboxylic acids is 2. The molecule has 1 aliphatic carbocycles. The van der Waals surface area contributed by atoms with Crippen LogP contribution in [0, 0.1) is 5.92 Å². The van der Waals surface area contributed by atoms with Gasteiger partial charge in [0.1, 0.15) is 0 Å². The van der Waals surface area contributed by atoms with Crippen LogP contribution in [0.1, 0.15) is 44.1 Å². The zero-order valence-electron chi connectivity index (χ0n) is 13.5. The third-order valence-electron chi connectivity index (χ3n) is 5.68. The average molecular weight is 312 g/mol. The number of anilines is 1. The van der Waals surface area contributed by atoms with Crippen molar-refractivity contribution in [2.45, 2.75) is 51.0 Å². The molecule has 1 saturated heterocycles. The first-order valence-electron chi connectivity index (χ1n) is 8.93. The molecule has 0 aromatic heterocycles. The number of hydrogen-bond acceptors (Lipinski definition) is 2. The highest BCUT2D eigenvalue weighted by Gasteiger charge is 2.40. The standard InChI is InChI=1S/C19H24N2O2/c22-18-12-15(13-21(18)16-7-2-1-3-8-16)19(23)20-11-10-14-6-4-5-9-17(14)20/h4-6,9,15-16H,1-3,7-8,10-13H2/t15-/m1/s1. The Morgan fingerprint density at radius 1 is 1.09 bits per heavy atom. The summed E-state index contributed by atoms with van der Waals surface area (Å²) in [7, 11) is 0. The fraction of sp³-hybridized carbons (Fsp3) is 0.579. The highest BCUT2D eigenvalue weighted by Crippen LogP contribution is 2.33. The molecule has 2 fully saturated rings. The molecule has 2 aliphatic heterocycles. The Balaban J connectivity index is 1.47. The van der Waals surface area contributed by atoms with Crippen molar-refractivity contribution >= 4 is 17.5 Å². The van der Waals surface area contributed by atoms with E-state index in [1.54, 1.807) is 0 Å². The van der Waals surface area contributed by atoms with Crippen LogP contribution in [0.25, 0.3) is 0 Å². The highest BCUT2D eigenvalue weighted by molar-refractivity contribution is 6.00. The SMILES string of the molecule is O=C([C@@H]1CC(=O)N(C2CCCCC2)C1)N1CCc2ccccc21. The molecular weight excluding hydrogens is 288 g/mol. The van der Waals surface area contributed by atoms with Gasteiger partial charge < -0.3 is 9.80 Å². The Morgan fingerprint density at radius 3 is 2.70 bits per heavy atom. The minimum Gasteiger partial charge on any atom is -0.339 e. The second-order valence-electron chi connectivity index (χ2n) is 7.11.